The number of nitrogens with one attached hydrogen (secondary N) is 1. The van der Waals surface area contributed by atoms with Gasteiger partial charge >= 0.3 is 0 Å². The van der Waals surface area contributed by atoms with E-state index in [2.05, 4.69) is 42.0 Å². The van der Waals surface area contributed by atoms with E-state index in [1.165, 1.54) is 6.07 Å². The van der Waals surface area contributed by atoms with Gasteiger partial charge in [-0.25, -0.2) is 4.39 Å². The van der Waals surface area contributed by atoms with Gasteiger partial charge in [-0.05, 0) is 49.1 Å². The monoisotopic (exact) mass is 301 g/mol. The van der Waals surface area contributed by atoms with Crippen molar-refractivity contribution < 1.29 is 4.39 Å². The summed E-state index contributed by atoms with van der Waals surface area (Å²) < 4.78 is 14.5. The van der Waals surface area contributed by atoms with Gasteiger partial charge in [-0.3, -0.25) is 0 Å². The van der Waals surface area contributed by atoms with Crippen LogP contribution in [0.4, 0.5) is 4.39 Å². The highest BCUT2D eigenvalue weighted by Crippen LogP contribution is 2.18. The number of hydrogen-bond donors (Lipinski definition) is 1. The van der Waals surface area contributed by atoms with E-state index in [9.17, 15) is 4.39 Å². The number of rotatable bonds is 6. The van der Waals surface area contributed by atoms with Gasteiger partial charge in [0.25, 0.3) is 0 Å². The third kappa shape index (κ3) is 4.76. The van der Waals surface area contributed by atoms with Crippen molar-refractivity contribution in [3.63, 3.8) is 0 Å². The Labute approximate surface area is 112 Å². The smallest absolute Gasteiger partial charge is 0.126 e. The SMILES string of the molecule is CCNC(CCc1cc(Br)ccc1F)C(C)C. The van der Waals surface area contributed by atoms with Crippen molar-refractivity contribution in [2.45, 2.75) is 39.7 Å². The van der Waals surface area contributed by atoms with E-state index in [0.29, 0.717) is 12.0 Å². The van der Waals surface area contributed by atoms with Crippen LogP contribution >= 0.6 is 15.9 Å². The molecule has 3 heteroatoms. The van der Waals surface area contributed by atoms with Crippen LogP contribution in [0.5, 0.6) is 0 Å². The summed E-state index contributed by atoms with van der Waals surface area (Å²) in [4.78, 5) is 0. The maximum absolute atomic E-state index is 13.6. The minimum Gasteiger partial charge on any atom is -0.314 e. The van der Waals surface area contributed by atoms with Crippen molar-refractivity contribution in [2.75, 3.05) is 6.54 Å². The highest BCUT2D eigenvalue weighted by Gasteiger charge is 2.13. The Morgan fingerprint density at radius 2 is 2.06 bits per heavy atom. The van der Waals surface area contributed by atoms with Gasteiger partial charge in [0.1, 0.15) is 5.82 Å². The van der Waals surface area contributed by atoms with Gasteiger partial charge < -0.3 is 5.32 Å². The minimum absolute atomic E-state index is 0.104. The molecule has 0 aromatic heterocycles. The molecular formula is C14H21BrFN. The third-order valence-corrected chi connectivity index (χ3v) is 3.50. The predicted octanol–water partition coefficient (Wildman–Crippen LogP) is 4.15. The summed E-state index contributed by atoms with van der Waals surface area (Å²) >= 11 is 3.38. The summed E-state index contributed by atoms with van der Waals surface area (Å²) in [6.45, 7) is 7.47. The van der Waals surface area contributed by atoms with Gasteiger partial charge in [-0.15, -0.1) is 0 Å². The van der Waals surface area contributed by atoms with E-state index < -0.39 is 0 Å². The molecule has 1 N–H and O–H groups in total. The third-order valence-electron chi connectivity index (χ3n) is 3.00. The Kier molecular flexibility index (Phi) is 6.14. The maximum Gasteiger partial charge on any atom is 0.126 e. The molecule has 1 rings (SSSR count). The Bertz CT molecular complexity index is 352. The largest absolute Gasteiger partial charge is 0.314 e. The second-order valence-corrected chi connectivity index (χ2v) is 5.60. The molecule has 0 aliphatic carbocycles. The second kappa shape index (κ2) is 7.12. The van der Waals surface area contributed by atoms with E-state index >= 15 is 0 Å². The van der Waals surface area contributed by atoms with Crippen molar-refractivity contribution >= 4 is 15.9 Å². The molecule has 1 atom stereocenters. The van der Waals surface area contributed by atoms with Crippen LogP contribution in [0, 0.1) is 11.7 Å². The van der Waals surface area contributed by atoms with Gasteiger partial charge in [0.15, 0.2) is 0 Å². The lowest BCUT2D eigenvalue weighted by Crippen LogP contribution is -2.34. The molecule has 1 aromatic carbocycles. The molecule has 0 bridgehead atoms. The fraction of sp³-hybridized carbons (Fsp3) is 0.571. The first-order valence-corrected chi connectivity index (χ1v) is 7.01. The van der Waals surface area contributed by atoms with Crippen molar-refractivity contribution in [1.82, 2.24) is 5.32 Å². The van der Waals surface area contributed by atoms with E-state index in [0.717, 1.165) is 29.4 Å². The predicted molar refractivity (Wildman–Crippen MR) is 74.7 cm³/mol. The molecule has 0 saturated heterocycles. The van der Waals surface area contributed by atoms with Crippen LogP contribution < -0.4 is 5.32 Å². The Balaban J connectivity index is 2.61. The summed E-state index contributed by atoms with van der Waals surface area (Å²) in [5, 5.41) is 3.45. The Morgan fingerprint density at radius 3 is 2.65 bits per heavy atom. The molecule has 0 radical (unpaired) electrons. The average Bonchev–Trinajstić information content (AvgIpc) is 2.28. The topological polar surface area (TPSA) is 12.0 Å². The van der Waals surface area contributed by atoms with E-state index in [-0.39, 0.29) is 5.82 Å². The highest BCUT2D eigenvalue weighted by molar-refractivity contribution is 9.10. The zero-order chi connectivity index (χ0) is 12.8. The maximum atomic E-state index is 13.6. The normalized spacial score (nSPS) is 13.1. The van der Waals surface area contributed by atoms with Crippen LogP contribution in [0.25, 0.3) is 0 Å². The number of hydrogen-bond acceptors (Lipinski definition) is 1. The molecular weight excluding hydrogens is 281 g/mol. The molecule has 1 aromatic rings. The lowest BCUT2D eigenvalue weighted by atomic mass is 9.96. The van der Waals surface area contributed by atoms with Crippen LogP contribution in [0.2, 0.25) is 0 Å². The van der Waals surface area contributed by atoms with E-state index in [1.54, 1.807) is 6.07 Å². The number of benzene rings is 1. The molecule has 1 unspecified atom stereocenters. The van der Waals surface area contributed by atoms with Gasteiger partial charge in [-0.1, -0.05) is 36.7 Å². The van der Waals surface area contributed by atoms with Crippen molar-refractivity contribution in [3.8, 4) is 0 Å². The molecule has 0 saturated carbocycles. The quantitative estimate of drug-likeness (QED) is 0.832. The van der Waals surface area contributed by atoms with Gasteiger partial charge in [-0.2, -0.15) is 0 Å². The van der Waals surface area contributed by atoms with Gasteiger partial charge in [0, 0.05) is 10.5 Å². The summed E-state index contributed by atoms with van der Waals surface area (Å²) in [6.07, 6.45) is 1.75. The second-order valence-electron chi connectivity index (χ2n) is 4.68. The first kappa shape index (κ1) is 14.7. The van der Waals surface area contributed by atoms with Crippen LogP contribution in [0.1, 0.15) is 32.8 Å². The zero-order valence-electron chi connectivity index (χ0n) is 10.8. The average molecular weight is 302 g/mol. The molecule has 1 nitrogen and oxygen atoms in total. The standard InChI is InChI=1S/C14H21BrFN/c1-4-17-14(10(2)3)8-5-11-9-12(15)6-7-13(11)16/h6-7,9-10,14,17H,4-5,8H2,1-3H3. The molecule has 0 amide bonds. The first-order chi connectivity index (χ1) is 8.04. The van der Waals surface area contributed by atoms with Gasteiger partial charge in [0.05, 0.1) is 0 Å². The molecule has 0 spiro atoms. The summed E-state index contributed by atoms with van der Waals surface area (Å²) in [5.41, 5.74) is 0.794. The first-order valence-electron chi connectivity index (χ1n) is 6.22. The molecule has 96 valence electrons. The van der Waals surface area contributed by atoms with Crippen LogP contribution in [-0.2, 0) is 6.42 Å². The summed E-state index contributed by atoms with van der Waals surface area (Å²) in [5.74, 6) is 0.470. The molecule has 0 aliphatic rings. The Morgan fingerprint density at radius 1 is 1.35 bits per heavy atom. The lowest BCUT2D eigenvalue weighted by Gasteiger charge is -2.21. The van der Waals surface area contributed by atoms with E-state index in [4.69, 9.17) is 0 Å². The van der Waals surface area contributed by atoms with Gasteiger partial charge in [0.2, 0.25) is 0 Å². The summed E-state index contributed by atoms with van der Waals surface area (Å²) in [6, 6.07) is 5.59. The lowest BCUT2D eigenvalue weighted by molar-refractivity contribution is 0.383. The van der Waals surface area contributed by atoms with Crippen LogP contribution in [0.3, 0.4) is 0 Å². The number of halogens is 2. The Hall–Kier alpha value is -0.410. The minimum atomic E-state index is -0.104. The number of aryl methyl sites for hydroxylation is 1. The fourth-order valence-electron chi connectivity index (χ4n) is 1.98. The van der Waals surface area contributed by atoms with Crippen LogP contribution in [-0.4, -0.2) is 12.6 Å². The highest BCUT2D eigenvalue weighted by atomic mass is 79.9. The van der Waals surface area contributed by atoms with Crippen molar-refractivity contribution in [3.05, 3.63) is 34.1 Å². The molecule has 0 fully saturated rings. The molecule has 0 aliphatic heterocycles. The van der Waals surface area contributed by atoms with Crippen molar-refractivity contribution in [1.29, 1.82) is 0 Å². The van der Waals surface area contributed by atoms with E-state index in [1.807, 2.05) is 6.07 Å². The zero-order valence-corrected chi connectivity index (χ0v) is 12.3. The van der Waals surface area contributed by atoms with Crippen molar-refractivity contribution in [2.24, 2.45) is 5.92 Å². The van der Waals surface area contributed by atoms with Crippen LogP contribution in [0.15, 0.2) is 22.7 Å². The summed E-state index contributed by atoms with van der Waals surface area (Å²) in [7, 11) is 0. The molecule has 0 heterocycles. The molecule has 17 heavy (non-hydrogen) atoms. The fourth-order valence-corrected chi connectivity index (χ4v) is 2.39.